The molecule has 0 fully saturated rings. The highest BCUT2D eigenvalue weighted by molar-refractivity contribution is 5.95. The van der Waals surface area contributed by atoms with Gasteiger partial charge in [0, 0.05) is 25.0 Å². The number of hydrogen-bond donors (Lipinski definition) is 1. The van der Waals surface area contributed by atoms with Gasteiger partial charge in [-0.25, -0.2) is 4.98 Å². The standard InChI is InChI=1S/C21H23N3O4/c1-24-11-10-22-20(24)19(14-6-5-7-16(12-14)26-2)23-21(25)15-8-9-17(27-3)18(13-15)28-4/h5-13,19H,1-4H3,(H,23,25). The maximum Gasteiger partial charge on any atom is 0.252 e. The third-order valence-corrected chi connectivity index (χ3v) is 4.46. The van der Waals surface area contributed by atoms with Crippen molar-refractivity contribution >= 4 is 5.91 Å². The van der Waals surface area contributed by atoms with Gasteiger partial charge in [-0.15, -0.1) is 0 Å². The van der Waals surface area contributed by atoms with E-state index in [1.54, 1.807) is 38.6 Å². The van der Waals surface area contributed by atoms with Crippen molar-refractivity contribution in [2.45, 2.75) is 6.04 Å². The molecule has 1 amide bonds. The number of benzene rings is 2. The molecule has 1 unspecified atom stereocenters. The Morgan fingerprint density at radius 2 is 1.82 bits per heavy atom. The first kappa shape index (κ1) is 19.3. The molecule has 1 aromatic heterocycles. The predicted octanol–water partition coefficient (Wildman–Crippen LogP) is 2.97. The fraction of sp³-hybridized carbons (Fsp3) is 0.238. The summed E-state index contributed by atoms with van der Waals surface area (Å²) in [6, 6.07) is 12.1. The number of nitrogens with one attached hydrogen (secondary N) is 1. The van der Waals surface area contributed by atoms with Crippen molar-refractivity contribution < 1.29 is 19.0 Å². The Morgan fingerprint density at radius 1 is 1.04 bits per heavy atom. The van der Waals surface area contributed by atoms with E-state index in [1.165, 1.54) is 7.11 Å². The van der Waals surface area contributed by atoms with Crippen LogP contribution in [0.3, 0.4) is 0 Å². The Balaban J connectivity index is 1.96. The number of rotatable bonds is 7. The number of carbonyl (C=O) groups is 1. The summed E-state index contributed by atoms with van der Waals surface area (Å²) in [6.45, 7) is 0. The average Bonchev–Trinajstić information content (AvgIpc) is 3.16. The summed E-state index contributed by atoms with van der Waals surface area (Å²) in [7, 11) is 6.58. The number of methoxy groups -OCH3 is 3. The lowest BCUT2D eigenvalue weighted by Crippen LogP contribution is -2.31. The maximum absolute atomic E-state index is 13.0. The largest absolute Gasteiger partial charge is 0.497 e. The van der Waals surface area contributed by atoms with Crippen molar-refractivity contribution in [1.82, 2.24) is 14.9 Å². The molecule has 0 aliphatic heterocycles. The third kappa shape index (κ3) is 3.93. The Bertz CT molecular complexity index is 968. The zero-order valence-electron chi connectivity index (χ0n) is 16.3. The number of carbonyl (C=O) groups excluding carboxylic acids is 1. The quantitative estimate of drug-likeness (QED) is 0.681. The van der Waals surface area contributed by atoms with E-state index in [4.69, 9.17) is 14.2 Å². The molecule has 1 N–H and O–H groups in total. The smallest absolute Gasteiger partial charge is 0.252 e. The molecule has 0 aliphatic rings. The van der Waals surface area contributed by atoms with Crippen LogP contribution >= 0.6 is 0 Å². The van der Waals surface area contributed by atoms with Crippen LogP contribution in [0.4, 0.5) is 0 Å². The molecule has 3 aromatic rings. The summed E-state index contributed by atoms with van der Waals surface area (Å²) >= 11 is 0. The highest BCUT2D eigenvalue weighted by atomic mass is 16.5. The summed E-state index contributed by atoms with van der Waals surface area (Å²) in [5.74, 6) is 2.22. The van der Waals surface area contributed by atoms with Crippen molar-refractivity contribution in [2.75, 3.05) is 21.3 Å². The Hall–Kier alpha value is -3.48. The molecule has 28 heavy (non-hydrogen) atoms. The van der Waals surface area contributed by atoms with Crippen LogP contribution in [0.25, 0.3) is 0 Å². The van der Waals surface area contributed by atoms with Crippen molar-refractivity contribution in [3.63, 3.8) is 0 Å². The van der Waals surface area contributed by atoms with Crippen LogP contribution in [0.1, 0.15) is 27.8 Å². The lowest BCUT2D eigenvalue weighted by atomic mass is 10.0. The number of ether oxygens (including phenoxy) is 3. The number of aromatic nitrogens is 2. The van der Waals surface area contributed by atoms with Gasteiger partial charge in [-0.1, -0.05) is 12.1 Å². The first-order chi connectivity index (χ1) is 13.6. The molecule has 7 nitrogen and oxygen atoms in total. The zero-order chi connectivity index (χ0) is 20.1. The van der Waals surface area contributed by atoms with Crippen molar-refractivity contribution in [2.24, 2.45) is 7.05 Å². The van der Waals surface area contributed by atoms with Gasteiger partial charge in [0.15, 0.2) is 11.5 Å². The molecule has 146 valence electrons. The predicted molar refractivity (Wildman–Crippen MR) is 105 cm³/mol. The highest BCUT2D eigenvalue weighted by Crippen LogP contribution is 2.29. The molecular weight excluding hydrogens is 358 g/mol. The first-order valence-electron chi connectivity index (χ1n) is 8.71. The van der Waals surface area contributed by atoms with E-state index >= 15 is 0 Å². The fourth-order valence-corrected chi connectivity index (χ4v) is 2.97. The van der Waals surface area contributed by atoms with E-state index in [9.17, 15) is 4.79 Å². The van der Waals surface area contributed by atoms with E-state index in [2.05, 4.69) is 10.3 Å². The second-order valence-electron chi connectivity index (χ2n) is 6.15. The molecule has 0 bridgehead atoms. The Labute approximate surface area is 163 Å². The lowest BCUT2D eigenvalue weighted by molar-refractivity contribution is 0.0940. The number of aryl methyl sites for hydroxylation is 1. The minimum absolute atomic E-state index is 0.253. The molecule has 0 spiro atoms. The fourth-order valence-electron chi connectivity index (χ4n) is 2.97. The molecule has 0 aliphatic carbocycles. The van der Waals surface area contributed by atoms with E-state index in [0.717, 1.165) is 5.56 Å². The van der Waals surface area contributed by atoms with Crippen molar-refractivity contribution in [1.29, 1.82) is 0 Å². The SMILES string of the molecule is COc1cccc(C(NC(=O)c2ccc(OC)c(OC)c2)c2nccn2C)c1. The minimum Gasteiger partial charge on any atom is -0.497 e. The first-order valence-corrected chi connectivity index (χ1v) is 8.71. The summed E-state index contributed by atoms with van der Waals surface area (Å²) in [6.07, 6.45) is 3.54. The molecule has 0 saturated heterocycles. The van der Waals surface area contributed by atoms with Crippen LogP contribution in [0.15, 0.2) is 54.9 Å². The van der Waals surface area contributed by atoms with Crippen molar-refractivity contribution in [3.8, 4) is 17.2 Å². The molecule has 7 heteroatoms. The number of amides is 1. The van der Waals surface area contributed by atoms with Gasteiger partial charge in [-0.05, 0) is 35.9 Å². The van der Waals surface area contributed by atoms with E-state index in [0.29, 0.717) is 28.6 Å². The van der Waals surface area contributed by atoms with Gasteiger partial charge in [-0.3, -0.25) is 4.79 Å². The normalized spacial score (nSPS) is 11.6. The van der Waals surface area contributed by atoms with Crippen LogP contribution in [0, 0.1) is 0 Å². The van der Waals surface area contributed by atoms with Gasteiger partial charge in [0.1, 0.15) is 17.6 Å². The Kier molecular flexibility index (Phi) is 5.84. The molecule has 3 rings (SSSR count). The summed E-state index contributed by atoms with van der Waals surface area (Å²) in [5, 5.41) is 3.06. The zero-order valence-corrected chi connectivity index (χ0v) is 16.3. The molecular formula is C21H23N3O4. The third-order valence-electron chi connectivity index (χ3n) is 4.46. The highest BCUT2D eigenvalue weighted by Gasteiger charge is 2.22. The molecule has 0 radical (unpaired) electrons. The van der Waals surface area contributed by atoms with Crippen LogP contribution in [-0.4, -0.2) is 36.8 Å². The number of hydrogen-bond acceptors (Lipinski definition) is 5. The van der Waals surface area contributed by atoms with E-state index in [1.807, 2.05) is 42.1 Å². The van der Waals surface area contributed by atoms with Gasteiger partial charge in [0.05, 0.1) is 21.3 Å². The van der Waals surface area contributed by atoms with Crippen LogP contribution < -0.4 is 19.5 Å². The molecule has 1 atom stereocenters. The minimum atomic E-state index is -0.448. The van der Waals surface area contributed by atoms with E-state index < -0.39 is 6.04 Å². The van der Waals surface area contributed by atoms with Crippen LogP contribution in [0.2, 0.25) is 0 Å². The maximum atomic E-state index is 13.0. The topological polar surface area (TPSA) is 74.6 Å². The monoisotopic (exact) mass is 381 g/mol. The van der Waals surface area contributed by atoms with Crippen LogP contribution in [-0.2, 0) is 7.05 Å². The second-order valence-corrected chi connectivity index (χ2v) is 6.15. The van der Waals surface area contributed by atoms with Gasteiger partial charge in [0.2, 0.25) is 0 Å². The molecule has 1 heterocycles. The van der Waals surface area contributed by atoms with Gasteiger partial charge in [0.25, 0.3) is 5.91 Å². The molecule has 2 aromatic carbocycles. The summed E-state index contributed by atoms with van der Waals surface area (Å²) < 4.78 is 17.7. The summed E-state index contributed by atoms with van der Waals surface area (Å²) in [5.41, 5.74) is 1.32. The summed E-state index contributed by atoms with van der Waals surface area (Å²) in [4.78, 5) is 17.4. The van der Waals surface area contributed by atoms with E-state index in [-0.39, 0.29) is 5.91 Å². The lowest BCUT2D eigenvalue weighted by Gasteiger charge is -2.20. The number of imidazole rings is 1. The van der Waals surface area contributed by atoms with Crippen molar-refractivity contribution in [3.05, 3.63) is 71.8 Å². The number of nitrogens with zero attached hydrogens (tertiary/aromatic N) is 2. The molecule has 0 saturated carbocycles. The van der Waals surface area contributed by atoms with Crippen LogP contribution in [0.5, 0.6) is 17.2 Å². The average molecular weight is 381 g/mol. The second kappa shape index (κ2) is 8.47. The van der Waals surface area contributed by atoms with Gasteiger partial charge in [-0.2, -0.15) is 0 Å². The van der Waals surface area contributed by atoms with Gasteiger partial charge < -0.3 is 24.1 Å². The Morgan fingerprint density at radius 3 is 2.46 bits per heavy atom. The van der Waals surface area contributed by atoms with Gasteiger partial charge >= 0.3 is 0 Å².